The molecule has 14 heteroatoms. The molecule has 4 aromatic rings. The van der Waals surface area contributed by atoms with Gasteiger partial charge in [-0.3, -0.25) is 8.42 Å². The van der Waals surface area contributed by atoms with Crippen molar-refractivity contribution in [2.24, 2.45) is 0 Å². The summed E-state index contributed by atoms with van der Waals surface area (Å²) >= 11 is 0. The monoisotopic (exact) mass is 545 g/mol. The predicted molar refractivity (Wildman–Crippen MR) is 116 cm³/mol. The zero-order valence-electron chi connectivity index (χ0n) is 17.1. The van der Waals surface area contributed by atoms with Crippen LogP contribution in [0.3, 0.4) is 0 Å². The summed E-state index contributed by atoms with van der Waals surface area (Å²) in [7, 11) is -5.17. The minimum atomic E-state index is -5.17. The molecule has 0 fully saturated rings. The fourth-order valence-electron chi connectivity index (χ4n) is 2.45. The molecule has 4 rings (SSSR count). The van der Waals surface area contributed by atoms with Gasteiger partial charge in [0.25, 0.3) is 0 Å². The Hall–Kier alpha value is -2.59. The topological polar surface area (TPSA) is 250 Å². The number of aromatic nitrogens is 2. The van der Waals surface area contributed by atoms with Crippen LogP contribution in [-0.4, -0.2) is 58.9 Å². The largest absolute Gasteiger partial charge is 2.00 e. The van der Waals surface area contributed by atoms with Gasteiger partial charge in [0.15, 0.2) is 12.6 Å². The van der Waals surface area contributed by atoms with E-state index >= 15 is 0 Å². The van der Waals surface area contributed by atoms with E-state index in [0.29, 0.717) is 0 Å². The van der Waals surface area contributed by atoms with E-state index in [1.807, 2.05) is 60.7 Å². The van der Waals surface area contributed by atoms with Crippen molar-refractivity contribution in [3.05, 3.63) is 84.2 Å². The van der Waals surface area contributed by atoms with Crippen LogP contribution >= 0.6 is 0 Å². The molecule has 8 N–H and O–H groups in total. The Bertz CT molecular complexity index is 1170. The molecule has 0 aliphatic carbocycles. The van der Waals surface area contributed by atoms with E-state index in [1.54, 1.807) is 12.1 Å². The molecule has 0 saturated carbocycles. The molecule has 2 heterocycles. The van der Waals surface area contributed by atoms with Gasteiger partial charge in [0, 0.05) is 21.2 Å². The number of para-hydroxylation sites is 2. The van der Waals surface area contributed by atoms with Crippen LogP contribution in [-0.2, 0) is 27.5 Å². The molecule has 0 amide bonds. The van der Waals surface area contributed by atoms with Gasteiger partial charge in [-0.1, -0.05) is 48.5 Å². The van der Waals surface area contributed by atoms with Crippen LogP contribution in [0.5, 0.6) is 0 Å². The second-order valence-electron chi connectivity index (χ2n) is 6.01. The number of pyridine rings is 2. The summed E-state index contributed by atoms with van der Waals surface area (Å²) < 4.78 is 34.1. The van der Waals surface area contributed by atoms with Crippen LogP contribution in [0.2, 0.25) is 0 Å². The maximum atomic E-state index is 8.88. The first-order chi connectivity index (χ1) is 14.5. The summed E-state index contributed by atoms with van der Waals surface area (Å²) in [4.78, 5) is 8.15. The number of rotatable bonds is 2. The average molecular weight is 546 g/mol. The first-order valence-corrected chi connectivity index (χ1v) is 9.98. The summed E-state index contributed by atoms with van der Waals surface area (Å²) in [5.74, 6) is 0. The van der Waals surface area contributed by atoms with Gasteiger partial charge in [0.05, 0.1) is 22.4 Å². The van der Waals surface area contributed by atoms with Gasteiger partial charge < -0.3 is 40.5 Å². The Labute approximate surface area is 204 Å². The third-order valence-electron chi connectivity index (χ3n) is 3.77. The Balaban J connectivity index is 0. The minimum absolute atomic E-state index is 0. The summed E-state index contributed by atoms with van der Waals surface area (Å²) in [6, 6.07) is 21.9. The number of fused-ring (bicyclic) bond motifs is 2. The Kier molecular flexibility index (Phi) is 15.1. The van der Waals surface area contributed by atoms with Crippen molar-refractivity contribution < 1.29 is 66.0 Å². The normalized spacial score (nSPS) is 10.1. The van der Waals surface area contributed by atoms with Gasteiger partial charge >= 0.3 is 17.1 Å². The van der Waals surface area contributed by atoms with Crippen LogP contribution in [0.4, 0.5) is 0 Å². The van der Waals surface area contributed by atoms with Crippen LogP contribution in [0.1, 0.15) is 24.0 Å². The molecule has 0 aliphatic heterocycles. The van der Waals surface area contributed by atoms with Crippen molar-refractivity contribution >= 4 is 32.2 Å². The summed E-state index contributed by atoms with van der Waals surface area (Å²) in [5.41, 5.74) is 2.10. The maximum absolute atomic E-state index is 8.88. The van der Waals surface area contributed by atoms with Crippen LogP contribution in [0.15, 0.2) is 72.8 Å². The zero-order chi connectivity index (χ0) is 23.0. The average Bonchev–Trinajstić information content (AvgIpc) is 2.72. The fraction of sp³-hybridized carbons (Fsp3) is 0.100. The SMILES string of the molecule is O.O.O=S(=O)([O-])[O-].OC(O)c1ccc2ccccc2n1.OC(O)c1ccc2ccccc2n1.[Cu+2]. The summed E-state index contributed by atoms with van der Waals surface area (Å²) in [5, 5.41) is 37.5. The Morgan fingerprint density at radius 2 is 0.912 bits per heavy atom. The molecule has 0 aliphatic rings. The Morgan fingerprint density at radius 1 is 0.618 bits per heavy atom. The van der Waals surface area contributed by atoms with E-state index < -0.39 is 23.0 Å². The van der Waals surface area contributed by atoms with Gasteiger partial charge in [0.1, 0.15) is 0 Å². The van der Waals surface area contributed by atoms with E-state index in [9.17, 15) is 0 Å². The van der Waals surface area contributed by atoms with E-state index in [2.05, 4.69) is 9.97 Å². The molecular formula is C20H22CuN2O10S. The molecule has 2 aromatic heterocycles. The molecule has 34 heavy (non-hydrogen) atoms. The summed E-state index contributed by atoms with van der Waals surface area (Å²) in [6.45, 7) is 0. The standard InChI is InChI=1S/2C10H9NO2.Cu.H2O4S.2H2O/c2*12-10(13)9-6-5-7-3-1-2-4-8(7)11-9;;1-5(2,3)4;;/h2*1-6,10,12-13H;;(H2,1,2,3,4);2*1H2/q;;+2;;;/p-2. The molecule has 189 valence electrons. The number of aliphatic hydroxyl groups is 4. The van der Waals surface area contributed by atoms with Crippen molar-refractivity contribution in [3.8, 4) is 0 Å². The van der Waals surface area contributed by atoms with E-state index in [1.165, 1.54) is 0 Å². The number of nitrogens with zero attached hydrogens (tertiary/aromatic N) is 2. The number of hydrogen-bond acceptors (Lipinski definition) is 10. The molecule has 12 nitrogen and oxygen atoms in total. The molecule has 0 bridgehead atoms. The first kappa shape index (κ1) is 33.6. The van der Waals surface area contributed by atoms with Gasteiger partial charge in [-0.25, -0.2) is 9.97 Å². The maximum Gasteiger partial charge on any atom is 2.00 e. The second kappa shape index (κ2) is 15.3. The van der Waals surface area contributed by atoms with Crippen LogP contribution < -0.4 is 0 Å². The molecule has 0 unspecified atom stereocenters. The third-order valence-corrected chi connectivity index (χ3v) is 3.77. The number of benzene rings is 2. The molecule has 0 atom stereocenters. The molecule has 0 spiro atoms. The number of hydrogen-bond donors (Lipinski definition) is 4. The molecule has 0 saturated heterocycles. The predicted octanol–water partition coefficient (Wildman–Crippen LogP) is -0.554. The fourth-order valence-corrected chi connectivity index (χ4v) is 2.45. The zero-order valence-corrected chi connectivity index (χ0v) is 18.9. The van der Waals surface area contributed by atoms with Crippen molar-refractivity contribution in [1.29, 1.82) is 0 Å². The quantitative estimate of drug-likeness (QED) is 0.108. The number of aliphatic hydroxyl groups excluding tert-OH is 2. The van der Waals surface area contributed by atoms with Crippen molar-refractivity contribution in [3.63, 3.8) is 0 Å². The smallest absolute Gasteiger partial charge is 0.759 e. The molecule has 1 radical (unpaired) electrons. The molecule has 2 aromatic carbocycles. The second-order valence-corrected chi connectivity index (χ2v) is 6.83. The van der Waals surface area contributed by atoms with Crippen LogP contribution in [0.25, 0.3) is 21.8 Å². The molecular weight excluding hydrogens is 524 g/mol. The van der Waals surface area contributed by atoms with Crippen molar-refractivity contribution in [2.75, 3.05) is 0 Å². The van der Waals surface area contributed by atoms with Crippen molar-refractivity contribution in [1.82, 2.24) is 9.97 Å². The Morgan fingerprint density at radius 3 is 1.21 bits per heavy atom. The van der Waals surface area contributed by atoms with Crippen LogP contribution in [0, 0.1) is 0 Å². The van der Waals surface area contributed by atoms with E-state index in [4.69, 9.17) is 37.9 Å². The first-order valence-electron chi connectivity index (χ1n) is 8.65. The van der Waals surface area contributed by atoms with Gasteiger partial charge in [-0.15, -0.1) is 0 Å². The van der Waals surface area contributed by atoms with Gasteiger partial charge in [-0.2, -0.15) is 0 Å². The van der Waals surface area contributed by atoms with Gasteiger partial charge in [0.2, 0.25) is 0 Å². The van der Waals surface area contributed by atoms with E-state index in [-0.39, 0.29) is 39.4 Å². The summed E-state index contributed by atoms with van der Waals surface area (Å²) in [6.07, 6.45) is -2.99. The van der Waals surface area contributed by atoms with Crippen molar-refractivity contribution in [2.45, 2.75) is 12.6 Å². The van der Waals surface area contributed by atoms with E-state index in [0.717, 1.165) is 21.8 Å². The van der Waals surface area contributed by atoms with Gasteiger partial charge in [-0.05, 0) is 24.3 Å². The third kappa shape index (κ3) is 11.5. The minimum Gasteiger partial charge on any atom is -0.759 e.